The van der Waals surface area contributed by atoms with Crippen LogP contribution in [0.3, 0.4) is 0 Å². The Labute approximate surface area is 105 Å². The summed E-state index contributed by atoms with van der Waals surface area (Å²) in [7, 11) is 0. The maximum Gasteiger partial charge on any atom is 0.278 e. The average molecular weight is 250 g/mol. The third-order valence-electron chi connectivity index (χ3n) is 3.14. The lowest BCUT2D eigenvalue weighted by Crippen LogP contribution is -2.48. The quantitative estimate of drug-likeness (QED) is 0.717. The van der Waals surface area contributed by atoms with E-state index in [0.29, 0.717) is 10.6 Å². The zero-order valence-electron chi connectivity index (χ0n) is 9.17. The van der Waals surface area contributed by atoms with Crippen molar-refractivity contribution in [2.24, 2.45) is 0 Å². The summed E-state index contributed by atoms with van der Waals surface area (Å²) in [6.45, 7) is 0. The van der Waals surface area contributed by atoms with Crippen LogP contribution in [0.25, 0.3) is 0 Å². The van der Waals surface area contributed by atoms with Gasteiger partial charge in [-0.3, -0.25) is 9.63 Å². The Morgan fingerprint density at radius 1 is 1.24 bits per heavy atom. The van der Waals surface area contributed by atoms with Gasteiger partial charge >= 0.3 is 0 Å². The highest BCUT2D eigenvalue weighted by Gasteiger charge is 2.34. The lowest BCUT2D eigenvalue weighted by Gasteiger charge is -2.40. The molecule has 4 rings (SSSR count). The molecule has 1 saturated heterocycles. The normalized spacial score (nSPS) is 26.3. The van der Waals surface area contributed by atoms with Crippen LogP contribution in [-0.2, 0) is 4.84 Å². The van der Waals surface area contributed by atoms with E-state index in [0.717, 1.165) is 12.8 Å². The third kappa shape index (κ3) is 1.96. The van der Waals surface area contributed by atoms with E-state index in [-0.39, 0.29) is 18.1 Å². The zero-order valence-corrected chi connectivity index (χ0v) is 9.93. The van der Waals surface area contributed by atoms with Gasteiger partial charge in [0.2, 0.25) is 0 Å². The van der Waals surface area contributed by atoms with E-state index < -0.39 is 0 Å². The first-order valence-electron chi connectivity index (χ1n) is 5.68. The number of hydrogen-bond acceptors (Lipinski definition) is 2. The molecule has 2 atom stereocenters. The molecule has 17 heavy (non-hydrogen) atoms. The summed E-state index contributed by atoms with van der Waals surface area (Å²) in [5, 5.41) is 2.11. The van der Waals surface area contributed by atoms with E-state index in [9.17, 15) is 4.79 Å². The van der Waals surface area contributed by atoms with Crippen molar-refractivity contribution in [3.05, 3.63) is 47.0 Å². The van der Waals surface area contributed by atoms with Crippen molar-refractivity contribution in [2.75, 3.05) is 0 Å². The number of halogens is 1. The van der Waals surface area contributed by atoms with E-state index in [1.165, 1.54) is 5.06 Å². The smallest absolute Gasteiger partial charge is 0.267 e. The van der Waals surface area contributed by atoms with E-state index in [1.807, 2.05) is 12.2 Å². The monoisotopic (exact) mass is 249 g/mol. The summed E-state index contributed by atoms with van der Waals surface area (Å²) < 4.78 is 0. The first-order valence-corrected chi connectivity index (χ1v) is 6.06. The number of hydroxylamine groups is 2. The van der Waals surface area contributed by atoms with E-state index in [4.69, 9.17) is 16.4 Å². The molecule has 1 fully saturated rings. The first kappa shape index (κ1) is 10.8. The predicted octanol–water partition coefficient (Wildman–Crippen LogP) is 2.81. The van der Waals surface area contributed by atoms with Crippen LogP contribution in [0.1, 0.15) is 23.2 Å². The topological polar surface area (TPSA) is 29.5 Å². The molecule has 0 N–H and O–H groups in total. The van der Waals surface area contributed by atoms with Crippen LogP contribution in [0.2, 0.25) is 5.02 Å². The zero-order chi connectivity index (χ0) is 11.8. The number of fused-ring (bicyclic) bond motifs is 2. The largest absolute Gasteiger partial charge is 0.278 e. The molecule has 4 heteroatoms. The van der Waals surface area contributed by atoms with Crippen molar-refractivity contribution >= 4 is 17.5 Å². The lowest BCUT2D eigenvalue weighted by atomic mass is 9.98. The molecule has 3 aliphatic rings. The third-order valence-corrected chi connectivity index (χ3v) is 3.39. The molecule has 0 spiro atoms. The van der Waals surface area contributed by atoms with Gasteiger partial charge in [0, 0.05) is 10.6 Å². The van der Waals surface area contributed by atoms with E-state index in [1.54, 1.807) is 24.3 Å². The Bertz CT molecular complexity index is 469. The van der Waals surface area contributed by atoms with Gasteiger partial charge in [0.25, 0.3) is 5.91 Å². The second-order valence-electron chi connectivity index (χ2n) is 4.31. The second kappa shape index (κ2) is 4.17. The van der Waals surface area contributed by atoms with E-state index >= 15 is 0 Å². The summed E-state index contributed by atoms with van der Waals surface area (Å²) in [5.74, 6) is -0.0966. The minimum atomic E-state index is -0.0966. The minimum Gasteiger partial charge on any atom is -0.267 e. The molecule has 1 aromatic carbocycles. The summed E-state index contributed by atoms with van der Waals surface area (Å²) in [4.78, 5) is 17.8. The molecule has 0 aromatic heterocycles. The molecule has 3 nitrogen and oxygen atoms in total. The first-order chi connectivity index (χ1) is 8.24. The van der Waals surface area contributed by atoms with Crippen LogP contribution >= 0.6 is 11.6 Å². The summed E-state index contributed by atoms with van der Waals surface area (Å²) in [6, 6.07) is 6.95. The average Bonchev–Trinajstić information content (AvgIpc) is 2.40. The number of carbonyl (C=O) groups excluding carboxylic acids is 1. The van der Waals surface area contributed by atoms with Gasteiger partial charge < -0.3 is 0 Å². The molecule has 2 aliphatic heterocycles. The molecule has 2 unspecified atom stereocenters. The minimum absolute atomic E-state index is 0.0521. The standard InChI is InChI=1S/C13H12ClNO2/c14-10-3-1-9(2-4-10)13(16)15-11-5-7-12(17-15)8-6-11/h1-5,7,11-12H,6,8H2. The van der Waals surface area contributed by atoms with Gasteiger partial charge in [0.05, 0.1) is 6.04 Å². The predicted molar refractivity (Wildman–Crippen MR) is 64.7 cm³/mol. The number of amides is 1. The van der Waals surface area contributed by atoms with Gasteiger partial charge in [-0.1, -0.05) is 23.8 Å². The molecule has 1 aliphatic carbocycles. The van der Waals surface area contributed by atoms with Crippen LogP contribution in [-0.4, -0.2) is 23.1 Å². The van der Waals surface area contributed by atoms with Gasteiger partial charge in [0.15, 0.2) is 0 Å². The molecular weight excluding hydrogens is 238 g/mol. The van der Waals surface area contributed by atoms with Crippen molar-refractivity contribution < 1.29 is 9.63 Å². The van der Waals surface area contributed by atoms with Gasteiger partial charge in [-0.25, -0.2) is 5.06 Å². The van der Waals surface area contributed by atoms with Crippen molar-refractivity contribution in [2.45, 2.75) is 25.0 Å². The van der Waals surface area contributed by atoms with Crippen LogP contribution in [0.15, 0.2) is 36.4 Å². The Hall–Kier alpha value is -1.32. The highest BCUT2D eigenvalue weighted by atomic mass is 35.5. The van der Waals surface area contributed by atoms with Crippen LogP contribution in [0, 0.1) is 0 Å². The molecule has 0 radical (unpaired) electrons. The molecule has 1 amide bonds. The number of rotatable bonds is 1. The fourth-order valence-electron chi connectivity index (χ4n) is 2.21. The van der Waals surface area contributed by atoms with Crippen LogP contribution < -0.4 is 0 Å². The Balaban J connectivity index is 1.83. The van der Waals surface area contributed by atoms with E-state index in [2.05, 4.69) is 0 Å². The lowest BCUT2D eigenvalue weighted by molar-refractivity contribution is -0.197. The van der Waals surface area contributed by atoms with Gasteiger partial charge in [-0.15, -0.1) is 0 Å². The van der Waals surface area contributed by atoms with Crippen LogP contribution in [0.5, 0.6) is 0 Å². The molecule has 2 heterocycles. The fourth-order valence-corrected chi connectivity index (χ4v) is 2.33. The van der Waals surface area contributed by atoms with Gasteiger partial charge in [-0.2, -0.15) is 0 Å². The number of carbonyl (C=O) groups is 1. The fraction of sp³-hybridized carbons (Fsp3) is 0.308. The summed E-state index contributed by atoms with van der Waals surface area (Å²) in [5.41, 5.74) is 0.607. The maximum atomic E-state index is 12.2. The Morgan fingerprint density at radius 3 is 2.53 bits per heavy atom. The summed E-state index contributed by atoms with van der Waals surface area (Å²) >= 11 is 5.80. The SMILES string of the molecule is O=C(c1ccc(Cl)cc1)N1OC2C=CC1CC2. The highest BCUT2D eigenvalue weighted by Crippen LogP contribution is 2.28. The van der Waals surface area contributed by atoms with Gasteiger partial charge in [-0.05, 0) is 37.1 Å². The maximum absolute atomic E-state index is 12.2. The molecule has 88 valence electrons. The Morgan fingerprint density at radius 2 is 2.00 bits per heavy atom. The molecular formula is C13H12ClNO2. The van der Waals surface area contributed by atoms with Crippen molar-refractivity contribution in [3.8, 4) is 0 Å². The van der Waals surface area contributed by atoms with Crippen molar-refractivity contribution in [1.29, 1.82) is 0 Å². The van der Waals surface area contributed by atoms with Crippen molar-refractivity contribution in [1.82, 2.24) is 5.06 Å². The Kier molecular flexibility index (Phi) is 2.65. The number of hydrogen-bond donors (Lipinski definition) is 0. The molecule has 0 saturated carbocycles. The molecule has 2 bridgehead atoms. The molecule has 1 aromatic rings. The summed E-state index contributed by atoms with van der Waals surface area (Å²) in [6.07, 6.45) is 6.09. The highest BCUT2D eigenvalue weighted by molar-refractivity contribution is 6.30. The van der Waals surface area contributed by atoms with Gasteiger partial charge in [0.1, 0.15) is 6.10 Å². The van der Waals surface area contributed by atoms with Crippen molar-refractivity contribution in [3.63, 3.8) is 0 Å². The van der Waals surface area contributed by atoms with Crippen LogP contribution in [0.4, 0.5) is 0 Å². The second-order valence-corrected chi connectivity index (χ2v) is 4.75. The number of benzene rings is 1. The number of nitrogens with zero attached hydrogens (tertiary/aromatic N) is 1.